The fraction of sp³-hybridized carbons (Fsp3) is 0.316. The van der Waals surface area contributed by atoms with Crippen molar-refractivity contribution in [2.45, 2.75) is 37.2 Å². The summed E-state index contributed by atoms with van der Waals surface area (Å²) in [4.78, 5) is 12.6. The fourth-order valence-electron chi connectivity index (χ4n) is 2.79. The average molecular weight is 409 g/mol. The van der Waals surface area contributed by atoms with Crippen LogP contribution in [0.3, 0.4) is 0 Å². The molecule has 1 amide bonds. The van der Waals surface area contributed by atoms with Gasteiger partial charge in [0.2, 0.25) is 10.0 Å². The molecule has 0 saturated heterocycles. The van der Waals surface area contributed by atoms with Crippen molar-refractivity contribution in [3.8, 4) is 5.75 Å². The summed E-state index contributed by atoms with van der Waals surface area (Å²) in [6.45, 7) is 2.37. The van der Waals surface area contributed by atoms with Crippen LogP contribution in [0, 0.1) is 0 Å². The molecule has 1 unspecified atom stereocenters. The van der Waals surface area contributed by atoms with Crippen molar-refractivity contribution in [2.24, 2.45) is 0 Å². The molecule has 0 spiro atoms. The van der Waals surface area contributed by atoms with Crippen molar-refractivity contribution < 1.29 is 17.9 Å². The minimum absolute atomic E-state index is 0.110. The number of carbonyl (C=O) groups excluding carboxylic acids is 1. The molecule has 3 rings (SSSR count). The molecule has 0 aromatic heterocycles. The number of benzene rings is 2. The van der Waals surface area contributed by atoms with Crippen LogP contribution in [0.5, 0.6) is 5.75 Å². The number of anilines is 1. The fourth-order valence-corrected chi connectivity index (χ4v) is 4.11. The zero-order valence-electron chi connectivity index (χ0n) is 14.9. The Balaban J connectivity index is 1.67. The third-order valence-electron chi connectivity index (χ3n) is 4.22. The van der Waals surface area contributed by atoms with E-state index in [-0.39, 0.29) is 10.8 Å². The number of hydrogen-bond acceptors (Lipinski definition) is 4. The molecule has 0 fully saturated rings. The lowest BCUT2D eigenvalue weighted by molar-refractivity contribution is -0.122. The number of ether oxygens (including phenoxy) is 1. The van der Waals surface area contributed by atoms with Gasteiger partial charge < -0.3 is 10.1 Å². The molecule has 2 aromatic rings. The summed E-state index contributed by atoms with van der Waals surface area (Å²) in [6.07, 6.45) is 1.40. The molecule has 6 nitrogen and oxygen atoms in total. The first-order valence-corrected chi connectivity index (χ1v) is 10.6. The van der Waals surface area contributed by atoms with E-state index in [1.54, 1.807) is 30.3 Å². The predicted molar refractivity (Wildman–Crippen MR) is 105 cm³/mol. The van der Waals surface area contributed by atoms with Gasteiger partial charge in [0.15, 0.2) is 6.10 Å². The van der Waals surface area contributed by atoms with Crippen LogP contribution in [-0.4, -0.2) is 27.0 Å². The highest BCUT2D eigenvalue weighted by molar-refractivity contribution is 7.89. The summed E-state index contributed by atoms with van der Waals surface area (Å²) in [5, 5.41) is 3.31. The minimum atomic E-state index is -3.61. The first kappa shape index (κ1) is 19.7. The van der Waals surface area contributed by atoms with Gasteiger partial charge in [-0.05, 0) is 48.4 Å². The molecule has 1 aliphatic rings. The van der Waals surface area contributed by atoms with Crippen molar-refractivity contribution in [2.75, 3.05) is 11.9 Å². The van der Waals surface area contributed by atoms with Gasteiger partial charge in [-0.3, -0.25) is 4.79 Å². The molecule has 1 heterocycles. The van der Waals surface area contributed by atoms with E-state index in [9.17, 15) is 13.2 Å². The van der Waals surface area contributed by atoms with E-state index in [4.69, 9.17) is 16.3 Å². The first-order valence-electron chi connectivity index (χ1n) is 8.75. The predicted octanol–water partition coefficient (Wildman–Crippen LogP) is 3.36. The lowest BCUT2D eigenvalue weighted by Gasteiger charge is -2.12. The molecule has 2 aromatic carbocycles. The van der Waals surface area contributed by atoms with E-state index in [0.29, 0.717) is 29.4 Å². The second-order valence-corrected chi connectivity index (χ2v) is 8.53. The Hall–Kier alpha value is -2.09. The molecule has 1 aliphatic heterocycles. The Morgan fingerprint density at radius 1 is 1.26 bits per heavy atom. The lowest BCUT2D eigenvalue weighted by Crippen LogP contribution is -2.31. The maximum atomic E-state index is 12.5. The van der Waals surface area contributed by atoms with Crippen LogP contribution in [0.4, 0.5) is 5.69 Å². The van der Waals surface area contributed by atoms with Crippen molar-refractivity contribution in [3.05, 3.63) is 53.1 Å². The molecule has 27 heavy (non-hydrogen) atoms. The number of unbranched alkanes of at least 4 members (excludes halogenated alkanes) is 1. The highest BCUT2D eigenvalue weighted by Gasteiger charge is 2.29. The molecule has 8 heteroatoms. The summed E-state index contributed by atoms with van der Waals surface area (Å²) in [5.41, 5.74) is 1.27. The molecule has 144 valence electrons. The van der Waals surface area contributed by atoms with Crippen LogP contribution in [-0.2, 0) is 21.2 Å². The molecule has 0 saturated carbocycles. The lowest BCUT2D eigenvalue weighted by atomic mass is 10.1. The number of carbonyl (C=O) groups is 1. The first-order chi connectivity index (χ1) is 12.9. The van der Waals surface area contributed by atoms with Crippen molar-refractivity contribution >= 4 is 33.2 Å². The quantitative estimate of drug-likeness (QED) is 0.688. The van der Waals surface area contributed by atoms with Gasteiger partial charge >= 0.3 is 0 Å². The van der Waals surface area contributed by atoms with Gasteiger partial charge in [0, 0.05) is 23.7 Å². The third-order valence-corrected chi connectivity index (χ3v) is 5.92. The Morgan fingerprint density at radius 2 is 2.07 bits per heavy atom. The number of hydrogen-bond donors (Lipinski definition) is 2. The summed E-state index contributed by atoms with van der Waals surface area (Å²) < 4.78 is 32.9. The Kier molecular flexibility index (Phi) is 6.04. The largest absolute Gasteiger partial charge is 0.480 e. The normalized spacial score (nSPS) is 15.9. The molecule has 0 radical (unpaired) electrons. The maximum Gasteiger partial charge on any atom is 0.265 e. The zero-order chi connectivity index (χ0) is 19.4. The van der Waals surface area contributed by atoms with E-state index in [1.165, 1.54) is 12.1 Å². The van der Waals surface area contributed by atoms with Crippen LogP contribution >= 0.6 is 11.6 Å². The second kappa shape index (κ2) is 8.29. The number of rotatable bonds is 7. The van der Waals surface area contributed by atoms with Gasteiger partial charge in [-0.2, -0.15) is 0 Å². The SMILES string of the molecule is CCCCNS(=O)(=O)c1cccc(NC(=O)C2Cc3cc(Cl)ccc3O2)c1. The zero-order valence-corrected chi connectivity index (χ0v) is 16.4. The van der Waals surface area contributed by atoms with Crippen LogP contribution < -0.4 is 14.8 Å². The highest BCUT2D eigenvalue weighted by atomic mass is 35.5. The van der Waals surface area contributed by atoms with Crippen LogP contribution in [0.15, 0.2) is 47.4 Å². The number of amides is 1. The highest BCUT2D eigenvalue weighted by Crippen LogP contribution is 2.31. The smallest absolute Gasteiger partial charge is 0.265 e. The molecule has 0 bridgehead atoms. The number of fused-ring (bicyclic) bond motifs is 1. The van der Waals surface area contributed by atoms with E-state index in [1.807, 2.05) is 6.92 Å². The second-order valence-electron chi connectivity index (χ2n) is 6.33. The van der Waals surface area contributed by atoms with Gasteiger partial charge in [-0.25, -0.2) is 13.1 Å². The summed E-state index contributed by atoms with van der Waals surface area (Å²) in [5.74, 6) is 0.298. The van der Waals surface area contributed by atoms with Gasteiger partial charge in [0.25, 0.3) is 5.91 Å². The number of halogens is 1. The monoisotopic (exact) mass is 408 g/mol. The third kappa shape index (κ3) is 4.80. The van der Waals surface area contributed by atoms with E-state index < -0.39 is 16.1 Å². The summed E-state index contributed by atoms with van der Waals surface area (Å²) >= 11 is 5.97. The van der Waals surface area contributed by atoms with E-state index >= 15 is 0 Å². The maximum absolute atomic E-state index is 12.5. The molecule has 2 N–H and O–H groups in total. The van der Waals surface area contributed by atoms with Gasteiger partial charge in [-0.1, -0.05) is 31.0 Å². The Labute approximate surface area is 163 Å². The molecular formula is C19H21ClN2O4S. The van der Waals surface area contributed by atoms with Crippen molar-refractivity contribution in [3.63, 3.8) is 0 Å². The Bertz CT molecular complexity index is 946. The number of nitrogens with one attached hydrogen (secondary N) is 2. The van der Waals surface area contributed by atoms with Gasteiger partial charge in [0.1, 0.15) is 5.75 Å². The molecule has 0 aliphatic carbocycles. The summed E-state index contributed by atoms with van der Waals surface area (Å²) in [7, 11) is -3.61. The number of sulfonamides is 1. The van der Waals surface area contributed by atoms with Crippen molar-refractivity contribution in [1.29, 1.82) is 0 Å². The van der Waals surface area contributed by atoms with Crippen LogP contribution in [0.25, 0.3) is 0 Å². The topological polar surface area (TPSA) is 84.5 Å². The van der Waals surface area contributed by atoms with Crippen LogP contribution in [0.1, 0.15) is 25.3 Å². The Morgan fingerprint density at radius 3 is 2.85 bits per heavy atom. The van der Waals surface area contributed by atoms with Gasteiger partial charge in [0.05, 0.1) is 4.90 Å². The molecule has 1 atom stereocenters. The summed E-state index contributed by atoms with van der Waals surface area (Å²) in [6, 6.07) is 11.4. The van der Waals surface area contributed by atoms with E-state index in [2.05, 4.69) is 10.0 Å². The minimum Gasteiger partial charge on any atom is -0.480 e. The van der Waals surface area contributed by atoms with Crippen molar-refractivity contribution in [1.82, 2.24) is 4.72 Å². The molecular weight excluding hydrogens is 388 g/mol. The average Bonchev–Trinajstić information content (AvgIpc) is 3.05. The standard InChI is InChI=1S/C19H21ClN2O4S/c1-2-3-9-21-27(24,25)16-6-4-5-15(12-16)22-19(23)18-11-13-10-14(20)7-8-17(13)26-18/h4-8,10,12,18,21H,2-3,9,11H2,1H3,(H,22,23). The van der Waals surface area contributed by atoms with E-state index in [0.717, 1.165) is 18.4 Å². The van der Waals surface area contributed by atoms with Gasteiger partial charge in [-0.15, -0.1) is 0 Å². The van der Waals surface area contributed by atoms with Crippen LogP contribution in [0.2, 0.25) is 5.02 Å².